The van der Waals surface area contributed by atoms with Crippen molar-refractivity contribution in [3.63, 3.8) is 0 Å². The van der Waals surface area contributed by atoms with Crippen LogP contribution in [0.5, 0.6) is 5.75 Å². The molecular weight excluding hydrogens is 344 g/mol. The van der Waals surface area contributed by atoms with Crippen LogP contribution in [0.25, 0.3) is 0 Å². The summed E-state index contributed by atoms with van der Waals surface area (Å²) < 4.78 is 5.57. The lowest BCUT2D eigenvalue weighted by Crippen LogP contribution is -2.87. The number of benzene rings is 2. The molecule has 0 aliphatic rings. The van der Waals surface area contributed by atoms with E-state index in [0.717, 1.165) is 0 Å². The lowest BCUT2D eigenvalue weighted by atomic mass is 10.1. The number of rotatable bonds is 8. The predicted octanol–water partition coefficient (Wildman–Crippen LogP) is 3.44. The molecule has 1 aromatic heterocycles. The van der Waals surface area contributed by atoms with Crippen LogP contribution in [0.2, 0.25) is 0 Å². The first-order valence-electron chi connectivity index (χ1n) is 8.71. The highest BCUT2D eigenvalue weighted by atomic mass is 32.1. The molecule has 5 heteroatoms. The maximum atomic E-state index is 12.5. The Kier molecular flexibility index (Phi) is 6.41. The minimum atomic E-state index is -0.0466. The Labute approximate surface area is 157 Å². The van der Waals surface area contributed by atoms with Gasteiger partial charge in [-0.3, -0.25) is 4.79 Å². The van der Waals surface area contributed by atoms with Crippen LogP contribution >= 0.6 is 11.3 Å². The first kappa shape index (κ1) is 18.2. The van der Waals surface area contributed by atoms with Gasteiger partial charge in [0.1, 0.15) is 11.8 Å². The molecule has 4 nitrogen and oxygen atoms in total. The smallest absolute Gasteiger partial charge is 0.279 e. The number of carbonyl (C=O) groups excluding carboxylic acids is 1. The van der Waals surface area contributed by atoms with E-state index in [1.165, 1.54) is 10.4 Å². The molecule has 2 aromatic carbocycles. The maximum absolute atomic E-state index is 12.5. The predicted molar refractivity (Wildman–Crippen MR) is 106 cm³/mol. The number of nitrogens with one attached hydrogen (secondary N) is 1. The van der Waals surface area contributed by atoms with Crippen molar-refractivity contribution in [3.8, 4) is 5.75 Å². The Hall–Kier alpha value is -2.63. The summed E-state index contributed by atoms with van der Waals surface area (Å²) in [5, 5.41) is 7.09. The first-order chi connectivity index (χ1) is 12.8. The maximum Gasteiger partial charge on any atom is 0.279 e. The van der Waals surface area contributed by atoms with Crippen molar-refractivity contribution < 1.29 is 14.8 Å². The molecular formula is C21H23N2O2S+. The molecule has 134 valence electrons. The number of thiophene rings is 1. The average Bonchev–Trinajstić information content (AvgIpc) is 3.19. The van der Waals surface area contributed by atoms with E-state index in [2.05, 4.69) is 34.2 Å². The second kappa shape index (κ2) is 9.17. The van der Waals surface area contributed by atoms with Crippen molar-refractivity contribution in [1.29, 1.82) is 0 Å². The fourth-order valence-corrected chi connectivity index (χ4v) is 3.67. The summed E-state index contributed by atoms with van der Waals surface area (Å²) in [4.78, 5) is 13.7. The number of quaternary nitrogens is 1. The quantitative estimate of drug-likeness (QED) is 0.641. The van der Waals surface area contributed by atoms with Gasteiger partial charge in [-0.15, -0.1) is 11.3 Å². The Morgan fingerprint density at radius 3 is 2.58 bits per heavy atom. The molecule has 0 bridgehead atoms. The molecule has 1 heterocycles. The Balaban J connectivity index is 1.67. The fraction of sp³-hybridized carbons (Fsp3) is 0.190. The summed E-state index contributed by atoms with van der Waals surface area (Å²) in [5.41, 5.74) is 1.90. The normalized spacial score (nSPS) is 11.7. The van der Waals surface area contributed by atoms with Crippen molar-refractivity contribution in [2.45, 2.75) is 13.0 Å². The second-order valence-corrected chi connectivity index (χ2v) is 6.80. The van der Waals surface area contributed by atoms with Crippen molar-refractivity contribution in [2.24, 2.45) is 0 Å². The van der Waals surface area contributed by atoms with Crippen LogP contribution in [0.15, 0.2) is 72.1 Å². The van der Waals surface area contributed by atoms with Crippen LogP contribution in [0.3, 0.4) is 0 Å². The first-order valence-corrected chi connectivity index (χ1v) is 9.59. The molecule has 0 spiro atoms. The van der Waals surface area contributed by atoms with Gasteiger partial charge in [0.15, 0.2) is 6.54 Å². The third-order valence-electron chi connectivity index (χ3n) is 4.01. The van der Waals surface area contributed by atoms with Gasteiger partial charge in [0.25, 0.3) is 5.91 Å². The summed E-state index contributed by atoms with van der Waals surface area (Å²) in [7, 11) is 0. The van der Waals surface area contributed by atoms with Gasteiger partial charge in [-0.05, 0) is 30.5 Å². The van der Waals surface area contributed by atoms with Gasteiger partial charge >= 0.3 is 0 Å². The van der Waals surface area contributed by atoms with Crippen LogP contribution < -0.4 is 15.4 Å². The standard InChI is InChI=1S/C21H22N2O2S/c1-2-25-18-12-7-6-11-17(18)23-20(24)15-22-21(19-13-8-14-26-19)16-9-4-3-5-10-16/h3-14,21-22H,2,15H2,1H3,(H,23,24)/p+1/t21-/m1/s1. The summed E-state index contributed by atoms with van der Waals surface area (Å²) in [5.74, 6) is 0.649. The molecule has 3 aromatic rings. The number of hydrogen-bond donors (Lipinski definition) is 2. The molecule has 0 aliphatic carbocycles. The van der Waals surface area contributed by atoms with Gasteiger partial charge in [-0.2, -0.15) is 0 Å². The average molecular weight is 367 g/mol. The van der Waals surface area contributed by atoms with E-state index in [4.69, 9.17) is 4.74 Å². The minimum Gasteiger partial charge on any atom is -0.492 e. The van der Waals surface area contributed by atoms with E-state index in [9.17, 15) is 4.79 Å². The number of ether oxygens (including phenoxy) is 1. The van der Waals surface area contributed by atoms with Crippen LogP contribution in [0.4, 0.5) is 5.69 Å². The largest absolute Gasteiger partial charge is 0.492 e. The number of para-hydroxylation sites is 2. The third kappa shape index (κ3) is 4.71. The number of amides is 1. The van der Waals surface area contributed by atoms with Crippen molar-refractivity contribution in [2.75, 3.05) is 18.5 Å². The number of nitrogens with two attached hydrogens (primary N) is 1. The molecule has 26 heavy (non-hydrogen) atoms. The van der Waals surface area contributed by atoms with Crippen molar-refractivity contribution in [3.05, 3.63) is 82.6 Å². The van der Waals surface area contributed by atoms with E-state index in [-0.39, 0.29) is 11.9 Å². The fourth-order valence-electron chi connectivity index (χ4n) is 2.82. The van der Waals surface area contributed by atoms with Gasteiger partial charge in [-0.25, -0.2) is 0 Å². The molecule has 0 unspecified atom stereocenters. The highest BCUT2D eigenvalue weighted by Gasteiger charge is 2.20. The summed E-state index contributed by atoms with van der Waals surface area (Å²) in [6.07, 6.45) is 0. The van der Waals surface area contributed by atoms with Gasteiger partial charge in [-0.1, -0.05) is 48.5 Å². The molecule has 1 atom stereocenters. The van der Waals surface area contributed by atoms with Gasteiger partial charge in [0, 0.05) is 5.56 Å². The minimum absolute atomic E-state index is 0.0466. The monoisotopic (exact) mass is 367 g/mol. The van der Waals surface area contributed by atoms with Gasteiger partial charge in [0.05, 0.1) is 17.2 Å². The topological polar surface area (TPSA) is 54.9 Å². The number of carbonyl (C=O) groups is 1. The van der Waals surface area contributed by atoms with Crippen molar-refractivity contribution in [1.82, 2.24) is 0 Å². The summed E-state index contributed by atoms with van der Waals surface area (Å²) in [6, 6.07) is 22.0. The molecule has 3 rings (SSSR count). The lowest BCUT2D eigenvalue weighted by Gasteiger charge is -2.15. The zero-order valence-corrected chi connectivity index (χ0v) is 15.5. The summed E-state index contributed by atoms with van der Waals surface area (Å²) in [6.45, 7) is 2.82. The molecule has 1 amide bonds. The van der Waals surface area contributed by atoms with Crippen LogP contribution in [0.1, 0.15) is 23.4 Å². The lowest BCUT2D eigenvalue weighted by molar-refractivity contribution is -0.675. The molecule has 0 aliphatic heterocycles. The Morgan fingerprint density at radius 1 is 1.08 bits per heavy atom. The van der Waals surface area contributed by atoms with E-state index in [1.54, 1.807) is 11.3 Å². The molecule has 3 N–H and O–H groups in total. The zero-order valence-electron chi connectivity index (χ0n) is 14.7. The number of hydrogen-bond acceptors (Lipinski definition) is 3. The highest BCUT2D eigenvalue weighted by molar-refractivity contribution is 7.10. The van der Waals surface area contributed by atoms with Crippen LogP contribution in [-0.4, -0.2) is 19.1 Å². The van der Waals surface area contributed by atoms with Crippen LogP contribution in [0, 0.1) is 0 Å². The SMILES string of the molecule is CCOc1ccccc1NC(=O)C[NH2+][C@H](c1ccccc1)c1cccs1. The highest BCUT2D eigenvalue weighted by Crippen LogP contribution is 2.24. The molecule has 0 saturated heterocycles. The molecule has 0 fully saturated rings. The number of anilines is 1. The summed E-state index contributed by atoms with van der Waals surface area (Å²) >= 11 is 1.71. The third-order valence-corrected chi connectivity index (χ3v) is 4.96. The van der Waals surface area contributed by atoms with Gasteiger partial charge in [0.2, 0.25) is 0 Å². The van der Waals surface area contributed by atoms with E-state index >= 15 is 0 Å². The Morgan fingerprint density at radius 2 is 1.85 bits per heavy atom. The van der Waals surface area contributed by atoms with Crippen LogP contribution in [-0.2, 0) is 4.79 Å². The Bertz CT molecular complexity index is 819. The molecule has 0 saturated carbocycles. The molecule has 0 radical (unpaired) electrons. The zero-order chi connectivity index (χ0) is 18.2. The van der Waals surface area contributed by atoms with E-state index in [0.29, 0.717) is 24.6 Å². The van der Waals surface area contributed by atoms with E-state index < -0.39 is 0 Å². The second-order valence-electron chi connectivity index (χ2n) is 5.82. The van der Waals surface area contributed by atoms with Crippen molar-refractivity contribution >= 4 is 22.9 Å². The van der Waals surface area contributed by atoms with E-state index in [1.807, 2.05) is 55.5 Å². The van der Waals surface area contributed by atoms with Gasteiger partial charge < -0.3 is 15.4 Å².